The van der Waals surface area contributed by atoms with Crippen LogP contribution in [0.4, 0.5) is 5.13 Å². The van der Waals surface area contributed by atoms with Crippen LogP contribution in [0.5, 0.6) is 5.75 Å². The minimum atomic E-state index is 0.0179. The smallest absolute Gasteiger partial charge is 0.226 e. The standard InChI is InChI=1S/C17H23N3O2S/c1-2-3-4-8-11-15(21)18-17-20-19-16(23-17)12-13-22-14-9-6-5-7-10-14/h5-7,9-10H,2-4,8,11-13H2,1H3,(H,18,20,21). The molecule has 0 radical (unpaired) electrons. The molecule has 5 nitrogen and oxygen atoms in total. The number of nitrogens with one attached hydrogen (secondary N) is 1. The molecule has 1 aromatic carbocycles. The average Bonchev–Trinajstić information content (AvgIpc) is 3.00. The lowest BCUT2D eigenvalue weighted by atomic mass is 10.1. The lowest BCUT2D eigenvalue weighted by Gasteiger charge is -2.03. The van der Waals surface area contributed by atoms with Crippen LogP contribution in [-0.2, 0) is 11.2 Å². The van der Waals surface area contributed by atoms with E-state index in [0.717, 1.165) is 23.6 Å². The van der Waals surface area contributed by atoms with E-state index in [-0.39, 0.29) is 5.91 Å². The molecule has 0 saturated heterocycles. The Hall–Kier alpha value is -1.95. The number of ether oxygens (including phenoxy) is 1. The largest absolute Gasteiger partial charge is 0.493 e. The zero-order valence-corrected chi connectivity index (χ0v) is 14.3. The molecular weight excluding hydrogens is 310 g/mol. The van der Waals surface area contributed by atoms with Crippen LogP contribution in [0.1, 0.15) is 44.0 Å². The van der Waals surface area contributed by atoms with Gasteiger partial charge in [-0.3, -0.25) is 4.79 Å². The van der Waals surface area contributed by atoms with Crippen LogP contribution in [0.25, 0.3) is 0 Å². The molecule has 0 saturated carbocycles. The summed E-state index contributed by atoms with van der Waals surface area (Å²) in [4.78, 5) is 11.8. The zero-order valence-electron chi connectivity index (χ0n) is 13.5. The van der Waals surface area contributed by atoms with Crippen LogP contribution in [0, 0.1) is 0 Å². The fourth-order valence-electron chi connectivity index (χ4n) is 2.07. The molecule has 0 unspecified atom stereocenters. The average molecular weight is 333 g/mol. The van der Waals surface area contributed by atoms with Crippen molar-refractivity contribution in [2.45, 2.75) is 45.4 Å². The van der Waals surface area contributed by atoms with Gasteiger partial charge in [-0.2, -0.15) is 0 Å². The number of benzene rings is 1. The van der Waals surface area contributed by atoms with Gasteiger partial charge in [0.1, 0.15) is 10.8 Å². The number of para-hydroxylation sites is 1. The summed E-state index contributed by atoms with van der Waals surface area (Å²) in [7, 11) is 0. The molecule has 2 aromatic rings. The fourth-order valence-corrected chi connectivity index (χ4v) is 2.81. The summed E-state index contributed by atoms with van der Waals surface area (Å²) in [5.41, 5.74) is 0. The molecule has 0 aliphatic rings. The van der Waals surface area contributed by atoms with Gasteiger partial charge in [-0.15, -0.1) is 10.2 Å². The summed E-state index contributed by atoms with van der Waals surface area (Å²) in [5, 5.41) is 12.3. The van der Waals surface area contributed by atoms with E-state index in [4.69, 9.17) is 4.74 Å². The number of aromatic nitrogens is 2. The Kier molecular flexibility index (Phi) is 7.52. The number of hydrogen-bond donors (Lipinski definition) is 1. The van der Waals surface area contributed by atoms with Crippen molar-refractivity contribution in [2.75, 3.05) is 11.9 Å². The Balaban J connectivity index is 1.67. The van der Waals surface area contributed by atoms with Crippen LogP contribution < -0.4 is 10.1 Å². The molecular formula is C17H23N3O2S. The maximum Gasteiger partial charge on any atom is 0.226 e. The number of anilines is 1. The summed E-state index contributed by atoms with van der Waals surface area (Å²) in [5.74, 6) is 0.863. The van der Waals surface area contributed by atoms with Crippen LogP contribution in [0.3, 0.4) is 0 Å². The van der Waals surface area contributed by atoms with Gasteiger partial charge in [0.25, 0.3) is 0 Å². The van der Waals surface area contributed by atoms with Crippen molar-refractivity contribution < 1.29 is 9.53 Å². The third kappa shape index (κ3) is 6.78. The minimum Gasteiger partial charge on any atom is -0.493 e. The Morgan fingerprint density at radius 1 is 1.17 bits per heavy atom. The number of nitrogens with zero attached hydrogens (tertiary/aromatic N) is 2. The first-order valence-corrected chi connectivity index (χ1v) is 8.89. The van der Waals surface area contributed by atoms with Gasteiger partial charge in [0.15, 0.2) is 0 Å². The first kappa shape index (κ1) is 17.4. The normalized spacial score (nSPS) is 10.5. The summed E-state index contributed by atoms with van der Waals surface area (Å²) >= 11 is 1.41. The quantitative estimate of drug-likeness (QED) is 0.666. The summed E-state index contributed by atoms with van der Waals surface area (Å²) in [6, 6.07) is 9.67. The third-order valence-electron chi connectivity index (χ3n) is 3.30. The molecule has 0 fully saturated rings. The summed E-state index contributed by atoms with van der Waals surface area (Å²) in [6.45, 7) is 2.70. The van der Waals surface area contributed by atoms with Crippen LogP contribution in [0.15, 0.2) is 30.3 Å². The van der Waals surface area contributed by atoms with E-state index in [9.17, 15) is 4.79 Å². The van der Waals surface area contributed by atoms with Gasteiger partial charge in [-0.1, -0.05) is 55.7 Å². The van der Waals surface area contributed by atoms with E-state index >= 15 is 0 Å². The second kappa shape index (κ2) is 9.94. The van der Waals surface area contributed by atoms with Crippen molar-refractivity contribution in [1.29, 1.82) is 0 Å². The highest BCUT2D eigenvalue weighted by Gasteiger charge is 2.08. The second-order valence-electron chi connectivity index (χ2n) is 5.27. The monoisotopic (exact) mass is 333 g/mol. The molecule has 23 heavy (non-hydrogen) atoms. The second-order valence-corrected chi connectivity index (χ2v) is 6.33. The molecule has 0 atom stereocenters. The van der Waals surface area contributed by atoms with Crippen LogP contribution in [0.2, 0.25) is 0 Å². The van der Waals surface area contributed by atoms with Gasteiger partial charge < -0.3 is 10.1 Å². The fraction of sp³-hybridized carbons (Fsp3) is 0.471. The topological polar surface area (TPSA) is 64.1 Å². The van der Waals surface area contributed by atoms with Crippen molar-refractivity contribution in [3.05, 3.63) is 35.3 Å². The van der Waals surface area contributed by atoms with E-state index < -0.39 is 0 Å². The first-order valence-electron chi connectivity index (χ1n) is 8.08. The van der Waals surface area contributed by atoms with Crippen molar-refractivity contribution in [3.8, 4) is 5.75 Å². The zero-order chi connectivity index (χ0) is 16.3. The van der Waals surface area contributed by atoms with E-state index in [1.165, 1.54) is 24.2 Å². The SMILES string of the molecule is CCCCCCC(=O)Nc1nnc(CCOc2ccccc2)s1. The molecule has 1 heterocycles. The van der Waals surface area contributed by atoms with Gasteiger partial charge in [0.05, 0.1) is 6.61 Å². The van der Waals surface area contributed by atoms with Gasteiger partial charge >= 0.3 is 0 Å². The van der Waals surface area contributed by atoms with Crippen molar-refractivity contribution >= 4 is 22.4 Å². The van der Waals surface area contributed by atoms with Crippen molar-refractivity contribution in [1.82, 2.24) is 10.2 Å². The Morgan fingerprint density at radius 3 is 2.78 bits per heavy atom. The molecule has 0 aliphatic heterocycles. The molecule has 1 N–H and O–H groups in total. The van der Waals surface area contributed by atoms with Crippen LogP contribution >= 0.6 is 11.3 Å². The maximum absolute atomic E-state index is 11.8. The highest BCUT2D eigenvalue weighted by atomic mass is 32.1. The summed E-state index contributed by atoms with van der Waals surface area (Å²) < 4.78 is 5.63. The van der Waals surface area contributed by atoms with Crippen molar-refractivity contribution in [3.63, 3.8) is 0 Å². The number of amides is 1. The third-order valence-corrected chi connectivity index (χ3v) is 4.20. The van der Waals surface area contributed by atoms with Gasteiger partial charge in [0, 0.05) is 12.8 Å². The Morgan fingerprint density at radius 2 is 2.00 bits per heavy atom. The highest BCUT2D eigenvalue weighted by Crippen LogP contribution is 2.17. The maximum atomic E-state index is 11.8. The molecule has 0 bridgehead atoms. The number of rotatable bonds is 10. The molecule has 6 heteroatoms. The van der Waals surface area contributed by atoms with E-state index in [2.05, 4.69) is 22.4 Å². The minimum absolute atomic E-state index is 0.0179. The highest BCUT2D eigenvalue weighted by molar-refractivity contribution is 7.15. The number of carbonyl (C=O) groups is 1. The van der Waals surface area contributed by atoms with Crippen LogP contribution in [-0.4, -0.2) is 22.7 Å². The first-order chi connectivity index (χ1) is 11.3. The Bertz CT molecular complexity index is 587. The molecule has 0 aliphatic carbocycles. The number of unbranched alkanes of at least 4 members (excludes halogenated alkanes) is 3. The summed E-state index contributed by atoms with van der Waals surface area (Å²) in [6.07, 6.45) is 5.60. The van der Waals surface area contributed by atoms with E-state index in [0.29, 0.717) is 24.6 Å². The molecule has 124 valence electrons. The van der Waals surface area contributed by atoms with E-state index in [1.54, 1.807) is 0 Å². The molecule has 1 aromatic heterocycles. The lowest BCUT2D eigenvalue weighted by Crippen LogP contribution is -2.10. The van der Waals surface area contributed by atoms with Gasteiger partial charge in [-0.25, -0.2) is 0 Å². The lowest BCUT2D eigenvalue weighted by molar-refractivity contribution is -0.116. The van der Waals surface area contributed by atoms with Gasteiger partial charge in [-0.05, 0) is 18.6 Å². The number of carbonyl (C=O) groups excluding carboxylic acids is 1. The molecule has 0 spiro atoms. The van der Waals surface area contributed by atoms with Gasteiger partial charge in [0.2, 0.25) is 11.0 Å². The van der Waals surface area contributed by atoms with Crippen molar-refractivity contribution in [2.24, 2.45) is 0 Å². The van der Waals surface area contributed by atoms with E-state index in [1.807, 2.05) is 30.3 Å². The number of hydrogen-bond acceptors (Lipinski definition) is 5. The Labute approximate surface area is 141 Å². The predicted octanol–water partition coefficient (Wildman–Crippen LogP) is 4.07. The molecule has 1 amide bonds. The molecule has 2 rings (SSSR count). The predicted molar refractivity (Wildman–Crippen MR) is 92.9 cm³/mol.